The third-order valence-corrected chi connectivity index (χ3v) is 5.10. The summed E-state index contributed by atoms with van der Waals surface area (Å²) in [5.41, 5.74) is 3.91. The summed E-state index contributed by atoms with van der Waals surface area (Å²) in [6, 6.07) is 4.07. The van der Waals surface area contributed by atoms with Gasteiger partial charge in [0.15, 0.2) is 5.76 Å². The summed E-state index contributed by atoms with van der Waals surface area (Å²) < 4.78 is 5.95. The SMILES string of the molecule is CC(=O)[C@H]1CCCN(C(=O)c2oc3c(C)c(C)ccc3c2C)C1. The molecular weight excluding hydrogens is 290 g/mol. The van der Waals surface area contributed by atoms with Crippen molar-refractivity contribution in [3.63, 3.8) is 0 Å². The van der Waals surface area contributed by atoms with E-state index in [1.807, 2.05) is 26.8 Å². The molecule has 1 amide bonds. The highest BCUT2D eigenvalue weighted by atomic mass is 16.3. The van der Waals surface area contributed by atoms with Crippen LogP contribution >= 0.6 is 0 Å². The zero-order valence-electron chi connectivity index (χ0n) is 14.2. The topological polar surface area (TPSA) is 50.5 Å². The Balaban J connectivity index is 1.96. The molecule has 2 aromatic rings. The van der Waals surface area contributed by atoms with Crippen LogP contribution in [-0.4, -0.2) is 29.7 Å². The number of hydrogen-bond donors (Lipinski definition) is 0. The average molecular weight is 313 g/mol. The van der Waals surface area contributed by atoms with Crippen molar-refractivity contribution in [2.24, 2.45) is 5.92 Å². The number of likely N-dealkylation sites (tertiary alicyclic amines) is 1. The summed E-state index contributed by atoms with van der Waals surface area (Å²) >= 11 is 0. The number of fused-ring (bicyclic) bond motifs is 1. The van der Waals surface area contributed by atoms with E-state index < -0.39 is 0 Å². The fourth-order valence-corrected chi connectivity index (χ4v) is 3.36. The highest BCUT2D eigenvalue weighted by molar-refractivity contribution is 6.00. The van der Waals surface area contributed by atoms with Crippen molar-refractivity contribution >= 4 is 22.7 Å². The number of amides is 1. The van der Waals surface area contributed by atoms with Gasteiger partial charge in [0.05, 0.1) is 0 Å². The van der Waals surface area contributed by atoms with Crippen LogP contribution in [0.4, 0.5) is 0 Å². The minimum atomic E-state index is -0.0956. The second-order valence-electron chi connectivity index (χ2n) is 6.64. The van der Waals surface area contributed by atoms with E-state index in [4.69, 9.17) is 4.42 Å². The van der Waals surface area contributed by atoms with Crippen LogP contribution in [0.15, 0.2) is 16.5 Å². The van der Waals surface area contributed by atoms with Crippen LogP contribution in [-0.2, 0) is 4.79 Å². The molecule has 0 bridgehead atoms. The molecule has 0 spiro atoms. The number of piperidine rings is 1. The molecule has 4 nitrogen and oxygen atoms in total. The van der Waals surface area contributed by atoms with Gasteiger partial charge in [-0.2, -0.15) is 0 Å². The average Bonchev–Trinajstić information content (AvgIpc) is 2.88. The van der Waals surface area contributed by atoms with Gasteiger partial charge in [-0.25, -0.2) is 0 Å². The molecule has 0 radical (unpaired) electrons. The number of benzene rings is 1. The van der Waals surface area contributed by atoms with Crippen molar-refractivity contribution in [3.05, 3.63) is 34.6 Å². The monoisotopic (exact) mass is 313 g/mol. The Labute approximate surface area is 136 Å². The van der Waals surface area contributed by atoms with Gasteiger partial charge in [-0.05, 0) is 51.7 Å². The number of furan rings is 1. The summed E-state index contributed by atoms with van der Waals surface area (Å²) in [6.07, 6.45) is 1.74. The van der Waals surface area contributed by atoms with Crippen LogP contribution in [0.3, 0.4) is 0 Å². The Bertz CT molecular complexity index is 787. The van der Waals surface area contributed by atoms with E-state index in [0.29, 0.717) is 18.8 Å². The van der Waals surface area contributed by atoms with Gasteiger partial charge in [-0.1, -0.05) is 12.1 Å². The lowest BCUT2D eigenvalue weighted by molar-refractivity contribution is -0.122. The van der Waals surface area contributed by atoms with Gasteiger partial charge in [0, 0.05) is 30.0 Å². The molecule has 0 aliphatic carbocycles. The minimum Gasteiger partial charge on any atom is -0.450 e. The smallest absolute Gasteiger partial charge is 0.289 e. The lowest BCUT2D eigenvalue weighted by Crippen LogP contribution is -2.41. The van der Waals surface area contributed by atoms with Crippen LogP contribution in [0.1, 0.15) is 47.0 Å². The molecule has 23 heavy (non-hydrogen) atoms. The quantitative estimate of drug-likeness (QED) is 0.847. The van der Waals surface area contributed by atoms with E-state index in [1.165, 1.54) is 0 Å². The maximum atomic E-state index is 12.9. The van der Waals surface area contributed by atoms with Gasteiger partial charge in [-0.15, -0.1) is 0 Å². The zero-order chi connectivity index (χ0) is 16.7. The van der Waals surface area contributed by atoms with Crippen LogP contribution in [0.2, 0.25) is 0 Å². The predicted molar refractivity (Wildman–Crippen MR) is 89.7 cm³/mol. The number of hydrogen-bond acceptors (Lipinski definition) is 3. The van der Waals surface area contributed by atoms with E-state index in [-0.39, 0.29) is 17.6 Å². The van der Waals surface area contributed by atoms with E-state index in [2.05, 4.69) is 6.07 Å². The maximum Gasteiger partial charge on any atom is 0.289 e. The summed E-state index contributed by atoms with van der Waals surface area (Å²) in [6.45, 7) is 8.79. The standard InChI is InChI=1S/C19H23NO3/c1-11-7-8-16-13(3)18(23-17(16)12(11)2)19(22)20-9-5-6-15(10-20)14(4)21/h7-8,15H,5-6,9-10H2,1-4H3/t15-/m0/s1. The number of aryl methyl sites for hydroxylation is 3. The molecule has 0 saturated carbocycles. The molecule has 1 aliphatic heterocycles. The highest BCUT2D eigenvalue weighted by Gasteiger charge is 2.30. The summed E-state index contributed by atoms with van der Waals surface area (Å²) in [5, 5.41) is 0.997. The zero-order valence-corrected chi connectivity index (χ0v) is 14.2. The molecule has 0 N–H and O–H groups in total. The molecule has 122 valence electrons. The van der Waals surface area contributed by atoms with Crippen LogP contribution < -0.4 is 0 Å². The second kappa shape index (κ2) is 5.84. The Morgan fingerprint density at radius 1 is 1.17 bits per heavy atom. The molecule has 1 saturated heterocycles. The molecule has 3 rings (SSSR count). The van der Waals surface area contributed by atoms with E-state index in [0.717, 1.165) is 40.5 Å². The largest absolute Gasteiger partial charge is 0.450 e. The molecule has 2 heterocycles. The van der Waals surface area contributed by atoms with Gasteiger partial charge in [0.1, 0.15) is 11.4 Å². The Kier molecular flexibility index (Phi) is 4.00. The first-order valence-electron chi connectivity index (χ1n) is 8.19. The minimum absolute atomic E-state index is 0.0404. The van der Waals surface area contributed by atoms with Crippen LogP contribution in [0, 0.1) is 26.7 Å². The normalized spacial score (nSPS) is 18.4. The fourth-order valence-electron chi connectivity index (χ4n) is 3.36. The van der Waals surface area contributed by atoms with Crippen molar-refractivity contribution in [3.8, 4) is 0 Å². The number of rotatable bonds is 2. The molecule has 1 aromatic heterocycles. The molecule has 4 heteroatoms. The first-order valence-corrected chi connectivity index (χ1v) is 8.19. The van der Waals surface area contributed by atoms with Crippen molar-refractivity contribution < 1.29 is 14.0 Å². The fraction of sp³-hybridized carbons (Fsp3) is 0.474. The van der Waals surface area contributed by atoms with Gasteiger partial charge >= 0.3 is 0 Å². The molecule has 1 aliphatic rings. The van der Waals surface area contributed by atoms with Gasteiger partial charge in [0.2, 0.25) is 0 Å². The third-order valence-electron chi connectivity index (χ3n) is 5.10. The van der Waals surface area contributed by atoms with Crippen molar-refractivity contribution in [2.45, 2.75) is 40.5 Å². The summed E-state index contributed by atoms with van der Waals surface area (Å²) in [5.74, 6) is 0.441. The van der Waals surface area contributed by atoms with Crippen LogP contribution in [0.5, 0.6) is 0 Å². The lowest BCUT2D eigenvalue weighted by atomic mass is 9.94. The number of ketones is 1. The predicted octanol–water partition coefficient (Wildman–Crippen LogP) is 3.80. The Morgan fingerprint density at radius 3 is 2.61 bits per heavy atom. The van der Waals surface area contributed by atoms with Crippen molar-refractivity contribution in [1.29, 1.82) is 0 Å². The molecule has 1 atom stereocenters. The summed E-state index contributed by atoms with van der Waals surface area (Å²) in [7, 11) is 0. The summed E-state index contributed by atoms with van der Waals surface area (Å²) in [4.78, 5) is 26.3. The van der Waals surface area contributed by atoms with E-state index in [1.54, 1.807) is 11.8 Å². The Morgan fingerprint density at radius 2 is 1.91 bits per heavy atom. The molecular formula is C19H23NO3. The second-order valence-corrected chi connectivity index (χ2v) is 6.64. The number of carbonyl (C=O) groups excluding carboxylic acids is 2. The molecule has 0 unspecified atom stereocenters. The Hall–Kier alpha value is -2.10. The van der Waals surface area contributed by atoms with Gasteiger partial charge < -0.3 is 9.32 Å². The van der Waals surface area contributed by atoms with Crippen LogP contribution in [0.25, 0.3) is 11.0 Å². The highest BCUT2D eigenvalue weighted by Crippen LogP contribution is 2.31. The molecule has 1 aromatic carbocycles. The lowest BCUT2D eigenvalue weighted by Gasteiger charge is -2.31. The first kappa shape index (κ1) is 15.8. The number of carbonyl (C=O) groups is 2. The first-order chi connectivity index (χ1) is 10.9. The van der Waals surface area contributed by atoms with Gasteiger partial charge in [-0.3, -0.25) is 9.59 Å². The van der Waals surface area contributed by atoms with E-state index in [9.17, 15) is 9.59 Å². The third kappa shape index (κ3) is 2.67. The number of Topliss-reactive ketones (excluding diaryl/α,β-unsaturated/α-hetero) is 1. The van der Waals surface area contributed by atoms with E-state index >= 15 is 0 Å². The van der Waals surface area contributed by atoms with Gasteiger partial charge in [0.25, 0.3) is 5.91 Å². The maximum absolute atomic E-state index is 12.9. The van der Waals surface area contributed by atoms with Crippen molar-refractivity contribution in [1.82, 2.24) is 4.90 Å². The van der Waals surface area contributed by atoms with Crippen molar-refractivity contribution in [2.75, 3.05) is 13.1 Å². The molecule has 1 fully saturated rings. The number of nitrogens with zero attached hydrogens (tertiary/aromatic N) is 1.